The van der Waals surface area contributed by atoms with Gasteiger partial charge in [0.25, 0.3) is 0 Å². The molecule has 0 unspecified atom stereocenters. The lowest BCUT2D eigenvalue weighted by Gasteiger charge is -2.15. The summed E-state index contributed by atoms with van der Waals surface area (Å²) in [5.41, 5.74) is 4.54. The number of nitrogens with zero attached hydrogens (tertiary/aromatic N) is 1. The number of likely N-dealkylation sites (tertiary alicyclic amines) is 1. The molecule has 6 heteroatoms. The van der Waals surface area contributed by atoms with Crippen LogP contribution in [0.3, 0.4) is 0 Å². The molecule has 0 atom stereocenters. The van der Waals surface area contributed by atoms with Crippen LogP contribution in [0, 0.1) is 0 Å². The molecule has 2 amide bonds. The van der Waals surface area contributed by atoms with Gasteiger partial charge in [0, 0.05) is 19.6 Å². The van der Waals surface area contributed by atoms with Crippen molar-refractivity contribution in [3.05, 3.63) is 59.7 Å². The molecule has 1 saturated heterocycles. The number of urea groups is 1. The van der Waals surface area contributed by atoms with Gasteiger partial charge >= 0.3 is 12.0 Å². The molecule has 0 bridgehead atoms. The van der Waals surface area contributed by atoms with Crippen LogP contribution < -0.4 is 10.6 Å². The molecular weight excluding hydrogens is 354 g/mol. The number of carboxylic acid groups (broad SMARTS) is 1. The summed E-state index contributed by atoms with van der Waals surface area (Å²) in [7, 11) is 0. The van der Waals surface area contributed by atoms with Crippen LogP contribution in [0.25, 0.3) is 11.1 Å². The summed E-state index contributed by atoms with van der Waals surface area (Å²) in [5.74, 6) is -0.932. The fourth-order valence-corrected chi connectivity index (χ4v) is 3.47. The van der Waals surface area contributed by atoms with E-state index in [1.54, 1.807) is 0 Å². The fraction of sp³-hybridized carbons (Fsp3) is 0.364. The van der Waals surface area contributed by atoms with E-state index in [0.29, 0.717) is 6.54 Å². The monoisotopic (exact) mass is 381 g/mol. The van der Waals surface area contributed by atoms with Crippen LogP contribution in [0.4, 0.5) is 4.79 Å². The maximum Gasteiger partial charge on any atom is 0.315 e. The van der Waals surface area contributed by atoms with Crippen LogP contribution in [0.2, 0.25) is 0 Å². The minimum atomic E-state index is -0.932. The number of carbonyl (C=O) groups excluding carboxylic acids is 1. The maximum absolute atomic E-state index is 11.8. The number of nitrogens with one attached hydrogen (secondary N) is 2. The van der Waals surface area contributed by atoms with E-state index in [9.17, 15) is 9.59 Å². The second-order valence-corrected chi connectivity index (χ2v) is 7.09. The van der Waals surface area contributed by atoms with E-state index in [0.717, 1.165) is 23.2 Å². The molecule has 0 aromatic heterocycles. The second kappa shape index (κ2) is 9.90. The van der Waals surface area contributed by atoms with E-state index >= 15 is 0 Å². The van der Waals surface area contributed by atoms with Crippen molar-refractivity contribution in [2.24, 2.45) is 0 Å². The highest BCUT2D eigenvalue weighted by molar-refractivity contribution is 5.75. The van der Waals surface area contributed by atoms with Crippen molar-refractivity contribution in [3.8, 4) is 11.1 Å². The molecule has 1 aliphatic rings. The lowest BCUT2D eigenvalue weighted by molar-refractivity contribution is -0.136. The molecule has 0 radical (unpaired) electrons. The van der Waals surface area contributed by atoms with Gasteiger partial charge in [-0.1, -0.05) is 48.5 Å². The number of carbonyl (C=O) groups is 2. The van der Waals surface area contributed by atoms with E-state index < -0.39 is 5.97 Å². The largest absolute Gasteiger partial charge is 0.481 e. The molecule has 0 aliphatic carbocycles. The summed E-state index contributed by atoms with van der Waals surface area (Å²) in [5, 5.41) is 14.0. The SMILES string of the molecule is O=C(O)CCNC(=O)NCc1ccccc1-c1ccc(CN2CCCC2)cc1. The van der Waals surface area contributed by atoms with Gasteiger partial charge in [0.2, 0.25) is 0 Å². The summed E-state index contributed by atoms with van der Waals surface area (Å²) in [4.78, 5) is 24.8. The third-order valence-electron chi connectivity index (χ3n) is 4.95. The third-order valence-corrected chi connectivity index (χ3v) is 4.95. The Balaban J connectivity index is 1.59. The Labute approximate surface area is 165 Å². The average molecular weight is 381 g/mol. The maximum atomic E-state index is 11.8. The zero-order chi connectivity index (χ0) is 19.8. The molecule has 1 heterocycles. The number of aliphatic carboxylic acids is 1. The zero-order valence-corrected chi connectivity index (χ0v) is 16.0. The van der Waals surface area contributed by atoms with E-state index in [-0.39, 0.29) is 19.0 Å². The van der Waals surface area contributed by atoms with Crippen LogP contribution in [0.1, 0.15) is 30.4 Å². The first-order valence-corrected chi connectivity index (χ1v) is 9.75. The van der Waals surface area contributed by atoms with Crippen LogP contribution in [-0.2, 0) is 17.9 Å². The smallest absolute Gasteiger partial charge is 0.315 e. The molecule has 0 saturated carbocycles. The first-order chi connectivity index (χ1) is 13.6. The van der Waals surface area contributed by atoms with Crippen LogP contribution in [0.5, 0.6) is 0 Å². The van der Waals surface area contributed by atoms with Gasteiger partial charge in [-0.2, -0.15) is 0 Å². The molecule has 1 fully saturated rings. The van der Waals surface area contributed by atoms with Gasteiger partial charge in [-0.3, -0.25) is 9.69 Å². The summed E-state index contributed by atoms with van der Waals surface area (Å²) in [6, 6.07) is 16.2. The summed E-state index contributed by atoms with van der Waals surface area (Å²) < 4.78 is 0. The van der Waals surface area contributed by atoms with Crippen molar-refractivity contribution in [2.45, 2.75) is 32.4 Å². The first kappa shape index (κ1) is 19.9. The van der Waals surface area contributed by atoms with Crippen molar-refractivity contribution in [1.82, 2.24) is 15.5 Å². The standard InChI is InChI=1S/C22H27N3O3/c26-21(27)11-12-23-22(28)24-15-19-5-1-2-6-20(19)18-9-7-17(8-10-18)16-25-13-3-4-14-25/h1-2,5-10H,3-4,11-16H2,(H,26,27)(H2,23,24,28). The molecule has 3 N–H and O–H groups in total. The quantitative estimate of drug-likeness (QED) is 0.656. The highest BCUT2D eigenvalue weighted by Crippen LogP contribution is 2.24. The van der Waals surface area contributed by atoms with Gasteiger partial charge in [0.1, 0.15) is 0 Å². The topological polar surface area (TPSA) is 81.7 Å². The number of benzene rings is 2. The highest BCUT2D eigenvalue weighted by Gasteiger charge is 2.12. The molecule has 28 heavy (non-hydrogen) atoms. The van der Waals surface area contributed by atoms with Crippen molar-refractivity contribution in [3.63, 3.8) is 0 Å². The molecular formula is C22H27N3O3. The predicted molar refractivity (Wildman–Crippen MR) is 109 cm³/mol. The number of hydrogen-bond acceptors (Lipinski definition) is 3. The van der Waals surface area contributed by atoms with E-state index in [1.165, 1.54) is 31.5 Å². The Morgan fingerprint density at radius 2 is 1.68 bits per heavy atom. The Hall–Kier alpha value is -2.86. The van der Waals surface area contributed by atoms with Crippen LogP contribution in [0.15, 0.2) is 48.5 Å². The minimum Gasteiger partial charge on any atom is -0.481 e. The lowest BCUT2D eigenvalue weighted by atomic mass is 9.98. The minimum absolute atomic E-state index is 0.0895. The average Bonchev–Trinajstić information content (AvgIpc) is 3.20. The van der Waals surface area contributed by atoms with E-state index in [1.807, 2.05) is 18.2 Å². The van der Waals surface area contributed by atoms with Gasteiger partial charge in [-0.15, -0.1) is 0 Å². The molecule has 3 rings (SSSR count). The van der Waals surface area contributed by atoms with Gasteiger partial charge in [-0.05, 0) is 48.2 Å². The number of hydrogen-bond donors (Lipinski definition) is 3. The van der Waals surface area contributed by atoms with Crippen molar-refractivity contribution >= 4 is 12.0 Å². The number of rotatable bonds is 8. The normalized spacial score (nSPS) is 14.0. The van der Waals surface area contributed by atoms with Gasteiger partial charge in [0.15, 0.2) is 0 Å². The summed E-state index contributed by atoms with van der Waals surface area (Å²) in [6.07, 6.45) is 2.50. The van der Waals surface area contributed by atoms with E-state index in [2.05, 4.69) is 45.9 Å². The Bertz CT molecular complexity index is 799. The number of amides is 2. The van der Waals surface area contributed by atoms with Crippen molar-refractivity contribution < 1.29 is 14.7 Å². The lowest BCUT2D eigenvalue weighted by Crippen LogP contribution is -2.36. The Kier molecular flexibility index (Phi) is 7.03. The predicted octanol–water partition coefficient (Wildman–Crippen LogP) is 3.22. The van der Waals surface area contributed by atoms with Gasteiger partial charge < -0.3 is 15.7 Å². The Morgan fingerprint density at radius 1 is 0.964 bits per heavy atom. The zero-order valence-electron chi connectivity index (χ0n) is 16.0. The number of carboxylic acids is 1. The summed E-state index contributed by atoms with van der Waals surface area (Å²) in [6.45, 7) is 3.86. The molecule has 148 valence electrons. The molecule has 1 aliphatic heterocycles. The van der Waals surface area contributed by atoms with E-state index in [4.69, 9.17) is 5.11 Å². The molecule has 2 aromatic carbocycles. The van der Waals surface area contributed by atoms with Crippen LogP contribution >= 0.6 is 0 Å². The third kappa shape index (κ3) is 5.82. The van der Waals surface area contributed by atoms with Crippen molar-refractivity contribution in [1.29, 1.82) is 0 Å². The van der Waals surface area contributed by atoms with Gasteiger partial charge in [-0.25, -0.2) is 4.79 Å². The molecule has 2 aromatic rings. The summed E-state index contributed by atoms with van der Waals surface area (Å²) >= 11 is 0. The van der Waals surface area contributed by atoms with Gasteiger partial charge in [0.05, 0.1) is 6.42 Å². The first-order valence-electron chi connectivity index (χ1n) is 9.75. The molecule has 6 nitrogen and oxygen atoms in total. The second-order valence-electron chi connectivity index (χ2n) is 7.09. The highest BCUT2D eigenvalue weighted by atomic mass is 16.4. The van der Waals surface area contributed by atoms with Crippen molar-refractivity contribution in [2.75, 3.05) is 19.6 Å². The Morgan fingerprint density at radius 3 is 2.39 bits per heavy atom. The molecule has 0 spiro atoms. The van der Waals surface area contributed by atoms with Crippen LogP contribution in [-0.4, -0.2) is 41.6 Å². The fourth-order valence-electron chi connectivity index (χ4n) is 3.47.